The first-order valence-corrected chi connectivity index (χ1v) is 9.74. The van der Waals surface area contributed by atoms with Gasteiger partial charge in [-0.2, -0.15) is 0 Å². The number of hydrogen-bond donors (Lipinski definition) is 3. The van der Waals surface area contributed by atoms with E-state index in [0.717, 1.165) is 41.5 Å². The normalized spacial score (nSPS) is 19.8. The summed E-state index contributed by atoms with van der Waals surface area (Å²) in [6.07, 6.45) is 1.44. The molecule has 6 heteroatoms. The van der Waals surface area contributed by atoms with Crippen LogP contribution in [0.1, 0.15) is 25.1 Å². The van der Waals surface area contributed by atoms with Crippen LogP contribution in [0.4, 0.5) is 0 Å². The second-order valence-corrected chi connectivity index (χ2v) is 7.35. The van der Waals surface area contributed by atoms with E-state index in [9.17, 15) is 15.0 Å². The molecule has 2 atom stereocenters. The number of piperidine rings is 1. The van der Waals surface area contributed by atoms with Crippen LogP contribution >= 0.6 is 0 Å². The van der Waals surface area contributed by atoms with E-state index in [-0.39, 0.29) is 31.4 Å². The van der Waals surface area contributed by atoms with Gasteiger partial charge in [-0.05, 0) is 42.6 Å². The van der Waals surface area contributed by atoms with Gasteiger partial charge in [0.25, 0.3) is 0 Å². The fourth-order valence-electron chi connectivity index (χ4n) is 3.92. The SMILES string of the molecule is O=C(C[C@H]1NCCC[C@@H]1O)Cn1c(CO)nc2cc(-c3ccccc3)ccc21. The molecule has 1 aromatic heterocycles. The second kappa shape index (κ2) is 8.22. The first kappa shape index (κ1) is 18.8. The highest BCUT2D eigenvalue weighted by atomic mass is 16.3. The molecule has 1 aliphatic heterocycles. The number of carbonyl (C=O) groups excluding carboxylic acids is 1. The Balaban J connectivity index is 1.58. The number of fused-ring (bicyclic) bond motifs is 1. The number of nitrogens with zero attached hydrogens (tertiary/aromatic N) is 2. The number of aliphatic hydroxyl groups is 2. The molecule has 2 heterocycles. The molecule has 0 spiro atoms. The molecular weight excluding hydrogens is 354 g/mol. The second-order valence-electron chi connectivity index (χ2n) is 7.35. The van der Waals surface area contributed by atoms with Gasteiger partial charge in [0.1, 0.15) is 12.4 Å². The molecule has 0 radical (unpaired) electrons. The van der Waals surface area contributed by atoms with Gasteiger partial charge in [0.05, 0.1) is 23.7 Å². The van der Waals surface area contributed by atoms with Crippen LogP contribution in [0.25, 0.3) is 22.2 Å². The van der Waals surface area contributed by atoms with Crippen LogP contribution in [0.2, 0.25) is 0 Å². The van der Waals surface area contributed by atoms with Crippen LogP contribution < -0.4 is 5.32 Å². The summed E-state index contributed by atoms with van der Waals surface area (Å²) in [5.41, 5.74) is 3.73. The van der Waals surface area contributed by atoms with Crippen molar-refractivity contribution in [3.8, 4) is 11.1 Å². The number of hydrogen-bond acceptors (Lipinski definition) is 5. The van der Waals surface area contributed by atoms with Crippen molar-refractivity contribution in [3.05, 3.63) is 54.4 Å². The van der Waals surface area contributed by atoms with Crippen LogP contribution in [-0.4, -0.2) is 44.2 Å². The van der Waals surface area contributed by atoms with E-state index in [2.05, 4.69) is 10.3 Å². The molecule has 1 saturated heterocycles. The Morgan fingerprint density at radius 2 is 2.00 bits per heavy atom. The summed E-state index contributed by atoms with van der Waals surface area (Å²) in [6, 6.07) is 15.8. The summed E-state index contributed by atoms with van der Waals surface area (Å²) in [6.45, 7) is 0.738. The average molecular weight is 379 g/mol. The zero-order chi connectivity index (χ0) is 19.5. The molecule has 28 heavy (non-hydrogen) atoms. The highest BCUT2D eigenvalue weighted by molar-refractivity contribution is 5.85. The summed E-state index contributed by atoms with van der Waals surface area (Å²) in [7, 11) is 0. The fourth-order valence-corrected chi connectivity index (χ4v) is 3.92. The van der Waals surface area contributed by atoms with Crippen LogP contribution in [0, 0.1) is 0 Å². The van der Waals surface area contributed by atoms with Gasteiger partial charge in [-0.3, -0.25) is 4.79 Å². The Bertz CT molecular complexity index is 968. The van der Waals surface area contributed by atoms with Crippen LogP contribution in [0.5, 0.6) is 0 Å². The number of imidazole rings is 1. The quantitative estimate of drug-likeness (QED) is 0.612. The number of rotatable bonds is 6. The molecule has 6 nitrogen and oxygen atoms in total. The molecule has 4 rings (SSSR count). The molecular formula is C22H25N3O3. The van der Waals surface area contributed by atoms with Crippen LogP contribution in [0.15, 0.2) is 48.5 Å². The van der Waals surface area contributed by atoms with Crippen molar-refractivity contribution < 1.29 is 15.0 Å². The first-order chi connectivity index (χ1) is 13.7. The third-order valence-electron chi connectivity index (χ3n) is 5.41. The van der Waals surface area contributed by atoms with Gasteiger partial charge < -0.3 is 20.1 Å². The Morgan fingerprint density at radius 3 is 2.75 bits per heavy atom. The lowest BCUT2D eigenvalue weighted by atomic mass is 9.97. The molecule has 0 amide bonds. The van der Waals surface area contributed by atoms with E-state index in [1.807, 2.05) is 48.5 Å². The lowest BCUT2D eigenvalue weighted by molar-refractivity contribution is -0.121. The third-order valence-corrected chi connectivity index (χ3v) is 5.41. The molecule has 3 N–H and O–H groups in total. The highest BCUT2D eigenvalue weighted by Crippen LogP contribution is 2.25. The van der Waals surface area contributed by atoms with E-state index in [4.69, 9.17) is 0 Å². The van der Waals surface area contributed by atoms with Gasteiger partial charge in [0, 0.05) is 12.5 Å². The molecule has 0 saturated carbocycles. The first-order valence-electron chi connectivity index (χ1n) is 9.74. The van der Waals surface area contributed by atoms with Gasteiger partial charge >= 0.3 is 0 Å². The summed E-state index contributed by atoms with van der Waals surface area (Å²) >= 11 is 0. The van der Waals surface area contributed by atoms with E-state index in [0.29, 0.717) is 5.82 Å². The zero-order valence-corrected chi connectivity index (χ0v) is 15.7. The smallest absolute Gasteiger partial charge is 0.154 e. The molecule has 3 aromatic rings. The predicted molar refractivity (Wildman–Crippen MR) is 108 cm³/mol. The number of ketones is 1. The average Bonchev–Trinajstić information content (AvgIpc) is 3.07. The number of carbonyl (C=O) groups is 1. The van der Waals surface area contributed by atoms with Crippen molar-refractivity contribution in [1.82, 2.24) is 14.9 Å². The molecule has 0 unspecified atom stereocenters. The van der Waals surface area contributed by atoms with E-state index >= 15 is 0 Å². The minimum absolute atomic E-state index is 0.0135. The molecule has 1 aliphatic rings. The molecule has 146 valence electrons. The van der Waals surface area contributed by atoms with Gasteiger partial charge in [0.2, 0.25) is 0 Å². The maximum absolute atomic E-state index is 12.6. The third kappa shape index (κ3) is 3.85. The van der Waals surface area contributed by atoms with Crippen molar-refractivity contribution in [2.75, 3.05) is 6.54 Å². The Hall–Kier alpha value is -2.54. The number of aromatic nitrogens is 2. The summed E-state index contributed by atoms with van der Waals surface area (Å²) in [5, 5.41) is 23.0. The van der Waals surface area contributed by atoms with E-state index in [1.54, 1.807) is 4.57 Å². The van der Waals surface area contributed by atoms with Gasteiger partial charge in [-0.25, -0.2) is 4.98 Å². The van der Waals surface area contributed by atoms with E-state index in [1.165, 1.54) is 0 Å². The minimum atomic E-state index is -0.483. The molecule has 1 fully saturated rings. The Kier molecular flexibility index (Phi) is 5.52. The van der Waals surface area contributed by atoms with Crippen molar-refractivity contribution in [1.29, 1.82) is 0 Å². The number of benzene rings is 2. The summed E-state index contributed by atoms with van der Waals surface area (Å²) in [4.78, 5) is 17.2. The van der Waals surface area contributed by atoms with Crippen molar-refractivity contribution >= 4 is 16.8 Å². The molecule has 0 aliphatic carbocycles. The minimum Gasteiger partial charge on any atom is -0.391 e. The van der Waals surface area contributed by atoms with Gasteiger partial charge in [0.15, 0.2) is 5.78 Å². The van der Waals surface area contributed by atoms with E-state index < -0.39 is 6.10 Å². The largest absolute Gasteiger partial charge is 0.391 e. The Morgan fingerprint density at radius 1 is 1.18 bits per heavy atom. The van der Waals surface area contributed by atoms with Crippen molar-refractivity contribution in [2.24, 2.45) is 0 Å². The topological polar surface area (TPSA) is 87.4 Å². The standard InChI is InChI=1S/C22H25N3O3/c26-14-22-24-18-11-16(15-5-2-1-3-6-15)8-9-20(18)25(22)13-17(27)12-19-21(28)7-4-10-23-19/h1-3,5-6,8-9,11,19,21,23,26,28H,4,7,10,12-14H2/t19-,21+/m1/s1. The number of aliphatic hydroxyl groups excluding tert-OH is 2. The zero-order valence-electron chi connectivity index (χ0n) is 15.7. The van der Waals surface area contributed by atoms with Gasteiger partial charge in [-0.15, -0.1) is 0 Å². The maximum atomic E-state index is 12.6. The monoisotopic (exact) mass is 379 g/mol. The molecule has 2 aromatic carbocycles. The van der Waals surface area contributed by atoms with Crippen LogP contribution in [0.3, 0.4) is 0 Å². The maximum Gasteiger partial charge on any atom is 0.154 e. The lowest BCUT2D eigenvalue weighted by Crippen LogP contribution is -2.46. The number of nitrogens with one attached hydrogen (secondary N) is 1. The molecule has 0 bridgehead atoms. The fraction of sp³-hybridized carbons (Fsp3) is 0.364. The van der Waals surface area contributed by atoms with Crippen LogP contribution in [-0.2, 0) is 17.9 Å². The van der Waals surface area contributed by atoms with Gasteiger partial charge in [-0.1, -0.05) is 36.4 Å². The Labute approximate surface area is 163 Å². The van der Waals surface area contributed by atoms with Crippen molar-refractivity contribution in [2.45, 2.75) is 44.6 Å². The summed E-state index contributed by atoms with van der Waals surface area (Å²) < 4.78 is 1.78. The summed E-state index contributed by atoms with van der Waals surface area (Å²) in [5.74, 6) is 0.491. The predicted octanol–water partition coefficient (Wildman–Crippen LogP) is 2.27. The highest BCUT2D eigenvalue weighted by Gasteiger charge is 2.25. The number of Topliss-reactive ketones (excluding diaryl/α,β-unsaturated/α-hetero) is 1. The lowest BCUT2D eigenvalue weighted by Gasteiger charge is -2.28. The van der Waals surface area contributed by atoms with Crippen molar-refractivity contribution in [3.63, 3.8) is 0 Å².